The molecule has 4 heteroatoms. The Balaban J connectivity index is 1.91. The van der Waals surface area contributed by atoms with Crippen molar-refractivity contribution in [2.45, 2.75) is 45.6 Å². The number of hydrogen-bond acceptors (Lipinski definition) is 4. The highest BCUT2D eigenvalue weighted by molar-refractivity contribution is 5.46. The lowest BCUT2D eigenvalue weighted by Gasteiger charge is -2.13. The van der Waals surface area contributed by atoms with E-state index in [2.05, 4.69) is 34.4 Å². The SMILES string of the molecule is CCCNc1cc(NC2CCC(C)C2)ncn1. The molecule has 4 nitrogen and oxygen atoms in total. The molecule has 1 aromatic rings. The first-order valence-electron chi connectivity index (χ1n) is 6.60. The van der Waals surface area contributed by atoms with Crippen LogP contribution in [0.15, 0.2) is 12.4 Å². The zero-order chi connectivity index (χ0) is 12.1. The topological polar surface area (TPSA) is 49.8 Å². The Hall–Kier alpha value is -1.32. The number of hydrogen-bond donors (Lipinski definition) is 2. The summed E-state index contributed by atoms with van der Waals surface area (Å²) in [6, 6.07) is 2.58. The van der Waals surface area contributed by atoms with Gasteiger partial charge >= 0.3 is 0 Å². The van der Waals surface area contributed by atoms with E-state index in [1.165, 1.54) is 19.3 Å². The van der Waals surface area contributed by atoms with Crippen molar-refractivity contribution in [1.29, 1.82) is 0 Å². The average molecular weight is 234 g/mol. The standard InChI is InChI=1S/C13H22N4/c1-3-6-14-12-8-13(16-9-15-12)17-11-5-4-10(2)7-11/h8-11H,3-7H2,1-2H3,(H2,14,15,16,17). The van der Waals surface area contributed by atoms with Crippen molar-refractivity contribution in [2.24, 2.45) is 5.92 Å². The summed E-state index contributed by atoms with van der Waals surface area (Å²) in [5.74, 6) is 2.69. The van der Waals surface area contributed by atoms with E-state index >= 15 is 0 Å². The van der Waals surface area contributed by atoms with E-state index in [4.69, 9.17) is 0 Å². The largest absolute Gasteiger partial charge is 0.370 e. The molecule has 1 saturated carbocycles. The molecule has 0 saturated heterocycles. The molecule has 0 amide bonds. The fraction of sp³-hybridized carbons (Fsp3) is 0.692. The molecule has 17 heavy (non-hydrogen) atoms. The normalized spacial score (nSPS) is 23.6. The number of nitrogens with zero attached hydrogens (tertiary/aromatic N) is 2. The molecule has 0 aliphatic heterocycles. The third-order valence-electron chi connectivity index (χ3n) is 3.27. The quantitative estimate of drug-likeness (QED) is 0.822. The Morgan fingerprint density at radius 2 is 2.12 bits per heavy atom. The summed E-state index contributed by atoms with van der Waals surface area (Å²) in [5, 5.41) is 6.77. The van der Waals surface area contributed by atoms with Crippen molar-refractivity contribution >= 4 is 11.6 Å². The summed E-state index contributed by atoms with van der Waals surface area (Å²) in [6.07, 6.45) is 6.56. The highest BCUT2D eigenvalue weighted by Gasteiger charge is 2.21. The Kier molecular flexibility index (Phi) is 4.18. The van der Waals surface area contributed by atoms with Gasteiger partial charge in [0, 0.05) is 18.7 Å². The van der Waals surface area contributed by atoms with Crippen molar-refractivity contribution in [2.75, 3.05) is 17.2 Å². The summed E-state index contributed by atoms with van der Waals surface area (Å²) in [4.78, 5) is 8.48. The van der Waals surface area contributed by atoms with Gasteiger partial charge in [0.2, 0.25) is 0 Å². The van der Waals surface area contributed by atoms with E-state index in [9.17, 15) is 0 Å². The highest BCUT2D eigenvalue weighted by atomic mass is 15.1. The van der Waals surface area contributed by atoms with Gasteiger partial charge in [0.25, 0.3) is 0 Å². The first-order valence-corrected chi connectivity index (χ1v) is 6.60. The molecular weight excluding hydrogens is 212 g/mol. The van der Waals surface area contributed by atoms with Crippen LogP contribution in [0.2, 0.25) is 0 Å². The van der Waals surface area contributed by atoms with Crippen molar-refractivity contribution in [1.82, 2.24) is 9.97 Å². The molecule has 2 rings (SSSR count). The lowest BCUT2D eigenvalue weighted by atomic mass is 10.1. The van der Waals surface area contributed by atoms with Crippen molar-refractivity contribution in [3.63, 3.8) is 0 Å². The Morgan fingerprint density at radius 3 is 2.82 bits per heavy atom. The molecule has 0 radical (unpaired) electrons. The summed E-state index contributed by atoms with van der Waals surface area (Å²) < 4.78 is 0. The van der Waals surface area contributed by atoms with Crippen LogP contribution in [0, 0.1) is 5.92 Å². The van der Waals surface area contributed by atoms with E-state index in [0.717, 1.165) is 30.5 Å². The van der Waals surface area contributed by atoms with Gasteiger partial charge in [-0.3, -0.25) is 0 Å². The minimum Gasteiger partial charge on any atom is -0.370 e. The summed E-state index contributed by atoms with van der Waals surface area (Å²) in [6.45, 7) is 5.42. The lowest BCUT2D eigenvalue weighted by molar-refractivity contribution is 0.602. The first kappa shape index (κ1) is 12.1. The molecule has 1 aromatic heterocycles. The predicted octanol–water partition coefficient (Wildman–Crippen LogP) is 2.90. The number of aromatic nitrogens is 2. The van der Waals surface area contributed by atoms with Crippen LogP contribution in [-0.2, 0) is 0 Å². The van der Waals surface area contributed by atoms with Crippen LogP contribution >= 0.6 is 0 Å². The van der Waals surface area contributed by atoms with Crippen LogP contribution in [0.4, 0.5) is 11.6 Å². The minimum atomic E-state index is 0.582. The third-order valence-corrected chi connectivity index (χ3v) is 3.27. The number of anilines is 2. The van der Waals surface area contributed by atoms with Gasteiger partial charge in [-0.2, -0.15) is 0 Å². The van der Waals surface area contributed by atoms with Gasteiger partial charge in [-0.1, -0.05) is 13.8 Å². The number of rotatable bonds is 5. The van der Waals surface area contributed by atoms with E-state index in [-0.39, 0.29) is 0 Å². The van der Waals surface area contributed by atoms with E-state index in [1.807, 2.05) is 6.07 Å². The van der Waals surface area contributed by atoms with Crippen LogP contribution in [0.1, 0.15) is 39.5 Å². The Bertz CT molecular complexity index is 353. The molecule has 1 fully saturated rings. The van der Waals surface area contributed by atoms with Crippen LogP contribution in [0.25, 0.3) is 0 Å². The zero-order valence-electron chi connectivity index (χ0n) is 10.7. The minimum absolute atomic E-state index is 0.582. The maximum Gasteiger partial charge on any atom is 0.131 e. The fourth-order valence-electron chi connectivity index (χ4n) is 2.33. The molecule has 2 atom stereocenters. The zero-order valence-corrected chi connectivity index (χ0v) is 10.7. The molecule has 0 aromatic carbocycles. The van der Waals surface area contributed by atoms with Crippen LogP contribution in [0.3, 0.4) is 0 Å². The second-order valence-electron chi connectivity index (χ2n) is 4.97. The molecule has 1 heterocycles. The monoisotopic (exact) mass is 234 g/mol. The highest BCUT2D eigenvalue weighted by Crippen LogP contribution is 2.27. The van der Waals surface area contributed by atoms with E-state index in [0.29, 0.717) is 6.04 Å². The Morgan fingerprint density at radius 1 is 1.29 bits per heavy atom. The van der Waals surface area contributed by atoms with Crippen molar-refractivity contribution in [3.8, 4) is 0 Å². The summed E-state index contributed by atoms with van der Waals surface area (Å²) in [5.41, 5.74) is 0. The molecule has 94 valence electrons. The van der Waals surface area contributed by atoms with Gasteiger partial charge in [0.1, 0.15) is 18.0 Å². The summed E-state index contributed by atoms with van der Waals surface area (Å²) >= 11 is 0. The number of nitrogens with one attached hydrogen (secondary N) is 2. The smallest absolute Gasteiger partial charge is 0.131 e. The van der Waals surface area contributed by atoms with Gasteiger partial charge in [0.15, 0.2) is 0 Å². The van der Waals surface area contributed by atoms with Crippen LogP contribution in [0.5, 0.6) is 0 Å². The molecule has 2 unspecified atom stereocenters. The maximum absolute atomic E-state index is 4.27. The van der Waals surface area contributed by atoms with Gasteiger partial charge in [-0.15, -0.1) is 0 Å². The van der Waals surface area contributed by atoms with E-state index in [1.54, 1.807) is 6.33 Å². The van der Waals surface area contributed by atoms with Crippen molar-refractivity contribution in [3.05, 3.63) is 12.4 Å². The average Bonchev–Trinajstić information content (AvgIpc) is 2.73. The van der Waals surface area contributed by atoms with Gasteiger partial charge < -0.3 is 10.6 Å². The first-order chi connectivity index (χ1) is 8.28. The second kappa shape index (κ2) is 5.84. The maximum atomic E-state index is 4.27. The summed E-state index contributed by atoms with van der Waals surface area (Å²) in [7, 11) is 0. The predicted molar refractivity (Wildman–Crippen MR) is 71.2 cm³/mol. The van der Waals surface area contributed by atoms with Gasteiger partial charge in [-0.25, -0.2) is 9.97 Å². The van der Waals surface area contributed by atoms with Gasteiger partial charge in [0.05, 0.1) is 0 Å². The second-order valence-corrected chi connectivity index (χ2v) is 4.97. The molecule has 0 bridgehead atoms. The molecular formula is C13H22N4. The molecule has 2 N–H and O–H groups in total. The third kappa shape index (κ3) is 3.58. The van der Waals surface area contributed by atoms with Crippen LogP contribution in [-0.4, -0.2) is 22.6 Å². The lowest BCUT2D eigenvalue weighted by Crippen LogP contribution is -2.16. The Labute approximate surface area is 103 Å². The van der Waals surface area contributed by atoms with Crippen LogP contribution < -0.4 is 10.6 Å². The van der Waals surface area contributed by atoms with Gasteiger partial charge in [-0.05, 0) is 31.6 Å². The molecule has 1 aliphatic carbocycles. The molecule has 0 spiro atoms. The van der Waals surface area contributed by atoms with E-state index < -0.39 is 0 Å². The fourth-order valence-corrected chi connectivity index (χ4v) is 2.33. The van der Waals surface area contributed by atoms with Crippen molar-refractivity contribution < 1.29 is 0 Å². The molecule has 1 aliphatic rings.